The molecule has 1 atom stereocenters. The third kappa shape index (κ3) is 9.17. The SMILES string of the molecule is CCCNCC(C)(C)COCC(C)CCC. The number of hydrogen-bond donors (Lipinski definition) is 1. The first-order valence-corrected chi connectivity index (χ1v) is 6.80. The van der Waals surface area contributed by atoms with Crippen molar-refractivity contribution in [2.45, 2.75) is 53.9 Å². The number of nitrogens with one attached hydrogen (secondary N) is 1. The molecule has 0 heterocycles. The number of hydrogen-bond acceptors (Lipinski definition) is 2. The third-order valence-electron chi connectivity index (χ3n) is 2.71. The van der Waals surface area contributed by atoms with E-state index in [0.29, 0.717) is 5.92 Å². The summed E-state index contributed by atoms with van der Waals surface area (Å²) in [6.45, 7) is 15.1. The van der Waals surface area contributed by atoms with Gasteiger partial charge in [-0.15, -0.1) is 0 Å². The Morgan fingerprint density at radius 3 is 2.44 bits per heavy atom. The van der Waals surface area contributed by atoms with Crippen molar-refractivity contribution in [3.05, 3.63) is 0 Å². The molecule has 0 spiro atoms. The molecule has 0 aliphatic carbocycles. The van der Waals surface area contributed by atoms with Gasteiger partial charge in [-0.25, -0.2) is 0 Å². The van der Waals surface area contributed by atoms with Gasteiger partial charge in [0, 0.05) is 18.6 Å². The molecule has 0 aliphatic heterocycles. The van der Waals surface area contributed by atoms with Crippen LogP contribution in [0.25, 0.3) is 0 Å². The van der Waals surface area contributed by atoms with Gasteiger partial charge in [-0.2, -0.15) is 0 Å². The monoisotopic (exact) mass is 229 g/mol. The zero-order valence-electron chi connectivity index (χ0n) is 11.9. The summed E-state index contributed by atoms with van der Waals surface area (Å²) < 4.78 is 5.80. The molecule has 0 rings (SSSR count). The minimum atomic E-state index is 0.251. The van der Waals surface area contributed by atoms with Crippen LogP contribution in [0.4, 0.5) is 0 Å². The van der Waals surface area contributed by atoms with Gasteiger partial charge in [0.15, 0.2) is 0 Å². The second-order valence-electron chi connectivity index (χ2n) is 5.75. The lowest BCUT2D eigenvalue weighted by atomic mass is 9.94. The standard InChI is InChI=1S/C14H31NO/c1-6-8-13(3)10-16-12-14(4,5)11-15-9-7-2/h13,15H,6-12H2,1-5H3. The lowest BCUT2D eigenvalue weighted by molar-refractivity contribution is 0.0419. The molecular formula is C14H31NO. The van der Waals surface area contributed by atoms with Crippen LogP contribution in [0.3, 0.4) is 0 Å². The molecule has 98 valence electrons. The highest BCUT2D eigenvalue weighted by molar-refractivity contribution is 4.70. The second kappa shape index (κ2) is 9.00. The Morgan fingerprint density at radius 1 is 1.19 bits per heavy atom. The average molecular weight is 229 g/mol. The van der Waals surface area contributed by atoms with E-state index in [1.54, 1.807) is 0 Å². The number of rotatable bonds is 10. The quantitative estimate of drug-likeness (QED) is 0.579. The van der Waals surface area contributed by atoms with E-state index in [1.165, 1.54) is 19.3 Å². The Morgan fingerprint density at radius 2 is 1.88 bits per heavy atom. The van der Waals surface area contributed by atoms with Crippen LogP contribution < -0.4 is 5.32 Å². The first kappa shape index (κ1) is 15.9. The molecule has 0 fully saturated rings. The van der Waals surface area contributed by atoms with Gasteiger partial charge in [-0.05, 0) is 25.3 Å². The van der Waals surface area contributed by atoms with Gasteiger partial charge in [-0.1, -0.05) is 41.0 Å². The summed E-state index contributed by atoms with van der Waals surface area (Å²) in [6, 6.07) is 0. The molecule has 0 amide bonds. The minimum absolute atomic E-state index is 0.251. The lowest BCUT2D eigenvalue weighted by Crippen LogP contribution is -2.34. The third-order valence-corrected chi connectivity index (χ3v) is 2.71. The second-order valence-corrected chi connectivity index (χ2v) is 5.75. The Balaban J connectivity index is 3.56. The fraction of sp³-hybridized carbons (Fsp3) is 1.00. The zero-order valence-corrected chi connectivity index (χ0v) is 11.9. The van der Waals surface area contributed by atoms with E-state index < -0.39 is 0 Å². The van der Waals surface area contributed by atoms with Crippen molar-refractivity contribution in [2.75, 3.05) is 26.3 Å². The maximum absolute atomic E-state index is 5.80. The van der Waals surface area contributed by atoms with Gasteiger partial charge >= 0.3 is 0 Å². The largest absolute Gasteiger partial charge is 0.381 e. The number of ether oxygens (including phenoxy) is 1. The van der Waals surface area contributed by atoms with Crippen molar-refractivity contribution in [1.82, 2.24) is 5.32 Å². The normalized spacial score (nSPS) is 14.1. The molecule has 1 N–H and O–H groups in total. The molecule has 16 heavy (non-hydrogen) atoms. The average Bonchev–Trinajstić information content (AvgIpc) is 2.18. The van der Waals surface area contributed by atoms with Crippen LogP contribution in [0.15, 0.2) is 0 Å². The van der Waals surface area contributed by atoms with E-state index in [4.69, 9.17) is 4.74 Å². The molecule has 0 bridgehead atoms. The van der Waals surface area contributed by atoms with Gasteiger partial charge in [0.1, 0.15) is 0 Å². The molecule has 2 nitrogen and oxygen atoms in total. The summed E-state index contributed by atoms with van der Waals surface area (Å²) in [7, 11) is 0. The fourth-order valence-electron chi connectivity index (χ4n) is 1.77. The first-order chi connectivity index (χ1) is 7.52. The zero-order chi connectivity index (χ0) is 12.4. The van der Waals surface area contributed by atoms with Gasteiger partial charge in [0.2, 0.25) is 0 Å². The van der Waals surface area contributed by atoms with E-state index in [2.05, 4.69) is 39.9 Å². The molecular weight excluding hydrogens is 198 g/mol. The van der Waals surface area contributed by atoms with Crippen LogP contribution >= 0.6 is 0 Å². The van der Waals surface area contributed by atoms with Crippen molar-refractivity contribution in [2.24, 2.45) is 11.3 Å². The van der Waals surface area contributed by atoms with Crippen LogP contribution in [0.5, 0.6) is 0 Å². The molecule has 0 aromatic carbocycles. The van der Waals surface area contributed by atoms with Crippen LogP contribution in [0.2, 0.25) is 0 Å². The van der Waals surface area contributed by atoms with Gasteiger partial charge in [0.05, 0.1) is 6.61 Å². The topological polar surface area (TPSA) is 21.3 Å². The van der Waals surface area contributed by atoms with Crippen molar-refractivity contribution >= 4 is 0 Å². The highest BCUT2D eigenvalue weighted by Crippen LogP contribution is 2.15. The lowest BCUT2D eigenvalue weighted by Gasteiger charge is -2.25. The van der Waals surface area contributed by atoms with E-state index >= 15 is 0 Å². The summed E-state index contributed by atoms with van der Waals surface area (Å²) in [4.78, 5) is 0. The van der Waals surface area contributed by atoms with Crippen molar-refractivity contribution < 1.29 is 4.74 Å². The first-order valence-electron chi connectivity index (χ1n) is 6.80. The van der Waals surface area contributed by atoms with E-state index in [1.807, 2.05) is 0 Å². The van der Waals surface area contributed by atoms with Crippen LogP contribution in [-0.4, -0.2) is 26.3 Å². The molecule has 0 aliphatic rings. The predicted molar refractivity (Wildman–Crippen MR) is 71.8 cm³/mol. The van der Waals surface area contributed by atoms with Crippen molar-refractivity contribution in [3.8, 4) is 0 Å². The predicted octanol–water partition coefficient (Wildman–Crippen LogP) is 3.47. The van der Waals surface area contributed by atoms with Gasteiger partial charge in [0.25, 0.3) is 0 Å². The molecule has 0 aromatic heterocycles. The molecule has 1 unspecified atom stereocenters. The Bertz CT molecular complexity index is 157. The van der Waals surface area contributed by atoms with Crippen molar-refractivity contribution in [1.29, 1.82) is 0 Å². The van der Waals surface area contributed by atoms with Gasteiger partial charge < -0.3 is 10.1 Å². The molecule has 0 saturated heterocycles. The molecule has 0 saturated carbocycles. The Labute approximate surface area is 102 Å². The summed E-state index contributed by atoms with van der Waals surface area (Å²) in [6.07, 6.45) is 3.73. The van der Waals surface area contributed by atoms with Crippen molar-refractivity contribution in [3.63, 3.8) is 0 Å². The fourth-order valence-corrected chi connectivity index (χ4v) is 1.77. The van der Waals surface area contributed by atoms with Crippen LogP contribution in [0.1, 0.15) is 53.9 Å². The highest BCUT2D eigenvalue weighted by Gasteiger charge is 2.17. The van der Waals surface area contributed by atoms with Crippen LogP contribution in [0, 0.1) is 11.3 Å². The molecule has 0 aromatic rings. The summed E-state index contributed by atoms with van der Waals surface area (Å²) in [5, 5.41) is 3.46. The minimum Gasteiger partial charge on any atom is -0.381 e. The summed E-state index contributed by atoms with van der Waals surface area (Å²) >= 11 is 0. The Kier molecular flexibility index (Phi) is 8.96. The summed E-state index contributed by atoms with van der Waals surface area (Å²) in [5.74, 6) is 0.699. The Hall–Kier alpha value is -0.0800. The van der Waals surface area contributed by atoms with E-state index in [9.17, 15) is 0 Å². The van der Waals surface area contributed by atoms with E-state index in [0.717, 1.165) is 26.3 Å². The van der Waals surface area contributed by atoms with Crippen LogP contribution in [-0.2, 0) is 4.74 Å². The molecule has 0 radical (unpaired) electrons. The van der Waals surface area contributed by atoms with E-state index in [-0.39, 0.29) is 5.41 Å². The molecule has 2 heteroatoms. The summed E-state index contributed by atoms with van der Waals surface area (Å²) in [5.41, 5.74) is 0.251. The smallest absolute Gasteiger partial charge is 0.0529 e. The maximum Gasteiger partial charge on any atom is 0.0529 e. The highest BCUT2D eigenvalue weighted by atomic mass is 16.5. The van der Waals surface area contributed by atoms with Gasteiger partial charge in [-0.3, -0.25) is 0 Å². The maximum atomic E-state index is 5.80.